The highest BCUT2D eigenvalue weighted by molar-refractivity contribution is 7.85. The molecule has 0 aliphatic carbocycles. The fraction of sp³-hybridized carbons (Fsp3) is 0.368. The summed E-state index contributed by atoms with van der Waals surface area (Å²) < 4.78 is 34.6. The molecule has 1 heterocycles. The summed E-state index contributed by atoms with van der Waals surface area (Å²) in [5.41, 5.74) is 2.63. The van der Waals surface area contributed by atoms with E-state index in [0.717, 1.165) is 22.1 Å². The number of aryl methyl sites for hydroxylation is 1. The van der Waals surface area contributed by atoms with E-state index in [0.29, 0.717) is 13.0 Å². The summed E-state index contributed by atoms with van der Waals surface area (Å²) in [6, 6.07) is 9.45. The molecule has 0 radical (unpaired) electrons. The van der Waals surface area contributed by atoms with E-state index >= 15 is 0 Å². The third-order valence-electron chi connectivity index (χ3n) is 4.09. The number of hydrogen-bond acceptors (Lipinski definition) is 5. The Bertz CT molecular complexity index is 918. The number of hydrogen-bond donors (Lipinski definition) is 0. The van der Waals surface area contributed by atoms with Crippen molar-refractivity contribution >= 4 is 39.1 Å². The quantitative estimate of drug-likeness (QED) is 0.496. The van der Waals surface area contributed by atoms with Gasteiger partial charge in [-0.25, -0.2) is 8.42 Å². The monoisotopic (exact) mass is 408 g/mol. The Hall–Kier alpha value is -2.03. The van der Waals surface area contributed by atoms with Crippen molar-refractivity contribution in [1.82, 2.24) is 0 Å². The molecule has 0 spiro atoms. The summed E-state index contributed by atoms with van der Waals surface area (Å²) in [6.07, 6.45) is 2.86. The van der Waals surface area contributed by atoms with E-state index < -0.39 is 10.1 Å². The van der Waals surface area contributed by atoms with E-state index in [1.54, 1.807) is 4.90 Å². The van der Waals surface area contributed by atoms with Crippen molar-refractivity contribution < 1.29 is 22.3 Å². The Kier molecular flexibility index (Phi) is 7.29. The number of allylic oxidation sites excluding steroid dienone is 1. The molecule has 0 saturated heterocycles. The van der Waals surface area contributed by atoms with Crippen LogP contribution in [0.3, 0.4) is 0 Å². The average molecular weight is 409 g/mol. The fourth-order valence-corrected chi connectivity index (χ4v) is 4.31. The van der Waals surface area contributed by atoms with Gasteiger partial charge in [0.05, 0.1) is 15.5 Å². The minimum absolute atomic E-state index is 0.0772. The van der Waals surface area contributed by atoms with Crippen LogP contribution in [-0.2, 0) is 21.5 Å². The number of carbonyl (C=O) groups excluding carboxylic acids is 1. The Morgan fingerprint density at radius 3 is 2.52 bits per heavy atom. The van der Waals surface area contributed by atoms with Gasteiger partial charge < -0.3 is 4.55 Å². The molecule has 2 rings (SSSR count). The Morgan fingerprint density at radius 1 is 1.30 bits per heavy atom. The molecule has 8 heteroatoms. The van der Waals surface area contributed by atoms with Gasteiger partial charge in [-0.3, -0.25) is 9.69 Å². The highest BCUT2D eigenvalue weighted by Gasteiger charge is 2.20. The van der Waals surface area contributed by atoms with E-state index in [-0.39, 0.29) is 18.1 Å². The number of aromatic nitrogens is 1. The molecule has 1 amide bonds. The zero-order chi connectivity index (χ0) is 20.0. The van der Waals surface area contributed by atoms with Gasteiger partial charge in [-0.1, -0.05) is 36.5 Å². The van der Waals surface area contributed by atoms with Crippen LogP contribution in [0.5, 0.6) is 0 Å². The van der Waals surface area contributed by atoms with Gasteiger partial charge in [0.15, 0.2) is 12.2 Å². The molecule has 1 aromatic heterocycles. The van der Waals surface area contributed by atoms with E-state index in [2.05, 4.69) is 0 Å². The van der Waals surface area contributed by atoms with Gasteiger partial charge in [-0.05, 0) is 18.6 Å². The van der Waals surface area contributed by atoms with Crippen LogP contribution in [0.1, 0.15) is 37.4 Å². The topological polar surface area (TPSA) is 81.4 Å². The van der Waals surface area contributed by atoms with Gasteiger partial charge >= 0.3 is 0 Å². The fourth-order valence-electron chi connectivity index (χ4n) is 2.84. The summed E-state index contributed by atoms with van der Waals surface area (Å²) in [5, 5.41) is 2.89. The molecule has 2 aromatic rings. The lowest BCUT2D eigenvalue weighted by molar-refractivity contribution is -0.699. The predicted molar refractivity (Wildman–Crippen MR) is 106 cm³/mol. The number of thiazole rings is 1. The first-order chi connectivity index (χ1) is 12.7. The van der Waals surface area contributed by atoms with Gasteiger partial charge in [0.25, 0.3) is 5.01 Å². The number of rotatable bonds is 8. The van der Waals surface area contributed by atoms with E-state index in [4.69, 9.17) is 0 Å². The number of amides is 1. The van der Waals surface area contributed by atoms with Gasteiger partial charge in [0.2, 0.25) is 5.91 Å². The Balaban J connectivity index is 2.35. The molecule has 0 fully saturated rings. The minimum Gasteiger partial charge on any atom is -0.748 e. The third kappa shape index (κ3) is 5.98. The van der Waals surface area contributed by atoms with E-state index in [9.17, 15) is 17.8 Å². The molecule has 1 aromatic carbocycles. The van der Waals surface area contributed by atoms with Crippen LogP contribution in [0, 0.1) is 6.92 Å². The van der Waals surface area contributed by atoms with Crippen molar-refractivity contribution in [2.75, 3.05) is 10.7 Å². The second kappa shape index (κ2) is 9.25. The van der Waals surface area contributed by atoms with Gasteiger partial charge in [-0.15, -0.1) is 0 Å². The smallest absolute Gasteiger partial charge is 0.263 e. The maximum Gasteiger partial charge on any atom is 0.263 e. The number of benzene rings is 1. The molecule has 0 unspecified atom stereocenters. The van der Waals surface area contributed by atoms with Crippen LogP contribution in [-0.4, -0.2) is 24.6 Å². The molecule has 0 N–H and O–H groups in total. The Morgan fingerprint density at radius 2 is 1.96 bits per heavy atom. The standard InChI is InChI=1S/C19H24N2O4S2/c1-4-17(21(16(3)22)18-9-6-5-7-10-18)13-19-20(15(2)14-26-19)11-8-12-27(23,24)25/h5-7,9-10,13-14H,4,8,11-12H2,1-3H3. The van der Waals surface area contributed by atoms with Gasteiger partial charge in [0.1, 0.15) is 0 Å². The summed E-state index contributed by atoms with van der Waals surface area (Å²) in [7, 11) is -4.22. The summed E-state index contributed by atoms with van der Waals surface area (Å²) in [6.45, 7) is 5.89. The van der Waals surface area contributed by atoms with E-state index in [1.165, 1.54) is 18.3 Å². The van der Waals surface area contributed by atoms with Crippen molar-refractivity contribution in [3.8, 4) is 0 Å². The lowest BCUT2D eigenvalue weighted by Crippen LogP contribution is -2.38. The van der Waals surface area contributed by atoms with Crippen molar-refractivity contribution in [1.29, 1.82) is 0 Å². The molecular formula is C19H24N2O4S2. The van der Waals surface area contributed by atoms with Crippen LogP contribution in [0.4, 0.5) is 5.69 Å². The molecular weight excluding hydrogens is 384 g/mol. The molecule has 0 atom stereocenters. The molecule has 146 valence electrons. The van der Waals surface area contributed by atoms with Crippen LogP contribution in [0.25, 0.3) is 6.08 Å². The van der Waals surface area contributed by atoms with Gasteiger partial charge in [-0.2, -0.15) is 4.57 Å². The van der Waals surface area contributed by atoms with Crippen molar-refractivity contribution in [3.63, 3.8) is 0 Å². The van der Waals surface area contributed by atoms with Crippen molar-refractivity contribution in [2.24, 2.45) is 0 Å². The predicted octanol–water partition coefficient (Wildman–Crippen LogP) is 3.08. The number of carbonyl (C=O) groups is 1. The van der Waals surface area contributed by atoms with Crippen molar-refractivity contribution in [2.45, 2.75) is 40.2 Å². The summed E-state index contributed by atoms with van der Waals surface area (Å²) >= 11 is 1.52. The summed E-state index contributed by atoms with van der Waals surface area (Å²) in [4.78, 5) is 14.0. The van der Waals surface area contributed by atoms with Crippen molar-refractivity contribution in [3.05, 3.63) is 52.1 Å². The maximum absolute atomic E-state index is 12.3. The second-order valence-corrected chi connectivity index (χ2v) is 8.57. The number of para-hydroxylation sites is 1. The lowest BCUT2D eigenvalue weighted by atomic mass is 10.2. The highest BCUT2D eigenvalue weighted by atomic mass is 32.2. The SMILES string of the molecule is CC/C(=C\c1scc(C)[n+]1CCCS(=O)(=O)[O-])N(C(C)=O)c1ccccc1. The first-order valence-electron chi connectivity index (χ1n) is 8.70. The maximum atomic E-state index is 12.3. The zero-order valence-corrected chi connectivity index (χ0v) is 17.3. The lowest BCUT2D eigenvalue weighted by Gasteiger charge is -2.23. The van der Waals surface area contributed by atoms with Crippen LogP contribution in [0.2, 0.25) is 0 Å². The molecule has 6 nitrogen and oxygen atoms in total. The molecule has 0 aliphatic heterocycles. The highest BCUT2D eigenvalue weighted by Crippen LogP contribution is 2.24. The van der Waals surface area contributed by atoms with E-state index in [1.807, 2.05) is 60.2 Å². The first kappa shape index (κ1) is 21.3. The molecule has 0 saturated carbocycles. The largest absolute Gasteiger partial charge is 0.748 e. The zero-order valence-electron chi connectivity index (χ0n) is 15.7. The average Bonchev–Trinajstić information content (AvgIpc) is 2.94. The Labute approximate surface area is 164 Å². The molecule has 0 aliphatic rings. The number of nitrogens with zero attached hydrogens (tertiary/aromatic N) is 2. The third-order valence-corrected chi connectivity index (χ3v) is 5.91. The van der Waals surface area contributed by atoms with Crippen LogP contribution < -0.4 is 9.47 Å². The molecule has 27 heavy (non-hydrogen) atoms. The number of anilines is 1. The summed E-state index contributed by atoms with van der Waals surface area (Å²) in [5.74, 6) is -0.463. The van der Waals surface area contributed by atoms with Gasteiger partial charge in [0, 0.05) is 43.5 Å². The first-order valence-corrected chi connectivity index (χ1v) is 11.2. The minimum atomic E-state index is -4.22. The second-order valence-electron chi connectivity index (χ2n) is 6.16. The normalized spacial score (nSPS) is 12.2. The molecule has 0 bridgehead atoms. The van der Waals surface area contributed by atoms with Crippen LogP contribution >= 0.6 is 11.3 Å². The van der Waals surface area contributed by atoms with Crippen LogP contribution in [0.15, 0.2) is 41.4 Å².